The Morgan fingerprint density at radius 2 is 2.33 bits per heavy atom. The lowest BCUT2D eigenvalue weighted by Gasteiger charge is -2.26. The van der Waals surface area contributed by atoms with Gasteiger partial charge in [-0.3, -0.25) is 4.79 Å². The van der Waals surface area contributed by atoms with Gasteiger partial charge < -0.3 is 19.3 Å². The van der Waals surface area contributed by atoms with Crippen molar-refractivity contribution in [1.29, 1.82) is 0 Å². The topological polar surface area (TPSA) is 65.0 Å². The summed E-state index contributed by atoms with van der Waals surface area (Å²) in [6, 6.07) is 0. The Balaban J connectivity index is 1.96. The molecule has 0 heterocycles. The van der Waals surface area contributed by atoms with E-state index in [1.807, 2.05) is 6.08 Å². The molecule has 21 heavy (non-hydrogen) atoms. The third-order valence-electron chi connectivity index (χ3n) is 4.28. The summed E-state index contributed by atoms with van der Waals surface area (Å²) < 4.78 is 28.9. The van der Waals surface area contributed by atoms with E-state index < -0.39 is 5.41 Å². The van der Waals surface area contributed by atoms with Crippen LogP contribution >= 0.6 is 0 Å². The Morgan fingerprint density at radius 3 is 2.90 bits per heavy atom. The molecule has 0 aromatic rings. The number of methoxy groups -OCH3 is 1. The zero-order chi connectivity index (χ0) is 15.5. The predicted molar refractivity (Wildman–Crippen MR) is 72.6 cm³/mol. The van der Waals surface area contributed by atoms with Gasteiger partial charge in [0.05, 0.1) is 6.61 Å². The van der Waals surface area contributed by atoms with E-state index in [9.17, 15) is 14.3 Å². The van der Waals surface area contributed by atoms with Crippen LogP contribution in [0.1, 0.15) is 19.8 Å². The maximum atomic E-state index is 14.0. The van der Waals surface area contributed by atoms with Gasteiger partial charge in [0.15, 0.2) is 12.6 Å². The quantitative estimate of drug-likeness (QED) is 0.575. The summed E-state index contributed by atoms with van der Waals surface area (Å²) in [5.74, 6) is -0.536. The van der Waals surface area contributed by atoms with Crippen molar-refractivity contribution >= 4 is 5.97 Å². The molecule has 0 bridgehead atoms. The molecule has 1 fully saturated rings. The molecular weight excluding hydrogens is 279 g/mol. The highest BCUT2D eigenvalue weighted by molar-refractivity contribution is 5.65. The summed E-state index contributed by atoms with van der Waals surface area (Å²) in [6.07, 6.45) is 4.36. The Morgan fingerprint density at radius 1 is 1.57 bits per heavy atom. The molecule has 2 aliphatic carbocycles. The van der Waals surface area contributed by atoms with E-state index in [2.05, 4.69) is 0 Å². The Hall–Kier alpha value is -1.40. The zero-order valence-electron chi connectivity index (χ0n) is 12.3. The van der Waals surface area contributed by atoms with Gasteiger partial charge in [-0.15, -0.1) is 0 Å². The van der Waals surface area contributed by atoms with Crippen molar-refractivity contribution in [2.45, 2.75) is 19.8 Å². The van der Waals surface area contributed by atoms with Gasteiger partial charge in [0.1, 0.15) is 5.83 Å². The minimum absolute atomic E-state index is 0.00200. The van der Waals surface area contributed by atoms with Crippen LogP contribution in [0.2, 0.25) is 0 Å². The third-order valence-corrected chi connectivity index (χ3v) is 4.28. The molecule has 0 radical (unpaired) electrons. The minimum Gasteiger partial charge on any atom is -0.466 e. The lowest BCUT2D eigenvalue weighted by atomic mass is 9.82. The molecule has 118 valence electrons. The maximum Gasteiger partial charge on any atom is 0.302 e. The smallest absolute Gasteiger partial charge is 0.302 e. The molecule has 5 nitrogen and oxygen atoms in total. The minimum atomic E-state index is -0.393. The van der Waals surface area contributed by atoms with Crippen molar-refractivity contribution in [1.82, 2.24) is 0 Å². The molecule has 2 aliphatic rings. The second-order valence-electron chi connectivity index (χ2n) is 5.58. The second-order valence-corrected chi connectivity index (χ2v) is 5.58. The van der Waals surface area contributed by atoms with E-state index in [1.54, 1.807) is 6.08 Å². The number of halogens is 1. The van der Waals surface area contributed by atoms with Gasteiger partial charge >= 0.3 is 5.97 Å². The van der Waals surface area contributed by atoms with Crippen LogP contribution in [0.5, 0.6) is 0 Å². The standard InChI is InChI=1S/C15H21FO5/c1-10(18)20-7-12-6-15(12,8-17)11-3-4-14(13(16)5-11)21-9-19-2/h3-4,11-12,17H,5-9H2,1-2H3/t11?,12-,15+/m0/s1. The summed E-state index contributed by atoms with van der Waals surface area (Å²) in [5.41, 5.74) is -0.393. The largest absolute Gasteiger partial charge is 0.466 e. The summed E-state index contributed by atoms with van der Waals surface area (Å²) in [7, 11) is 1.47. The number of carbonyl (C=O) groups is 1. The lowest BCUT2D eigenvalue weighted by Crippen LogP contribution is -2.25. The van der Waals surface area contributed by atoms with Crippen molar-refractivity contribution < 1.29 is 28.5 Å². The van der Waals surface area contributed by atoms with Gasteiger partial charge in [-0.1, -0.05) is 6.08 Å². The molecule has 0 saturated heterocycles. The van der Waals surface area contributed by atoms with Crippen LogP contribution in [0.4, 0.5) is 4.39 Å². The first-order valence-electron chi connectivity index (χ1n) is 6.96. The highest BCUT2D eigenvalue weighted by atomic mass is 19.1. The van der Waals surface area contributed by atoms with Crippen LogP contribution < -0.4 is 0 Å². The molecule has 6 heteroatoms. The zero-order valence-corrected chi connectivity index (χ0v) is 12.3. The molecule has 1 saturated carbocycles. The predicted octanol–water partition coefficient (Wildman–Crippen LogP) is 1.93. The van der Waals surface area contributed by atoms with Crippen LogP contribution in [0, 0.1) is 17.3 Å². The van der Waals surface area contributed by atoms with Gasteiger partial charge in [0.2, 0.25) is 0 Å². The fourth-order valence-electron chi connectivity index (χ4n) is 2.91. The fourth-order valence-corrected chi connectivity index (χ4v) is 2.91. The average molecular weight is 300 g/mol. The van der Waals surface area contributed by atoms with Gasteiger partial charge in [-0.2, -0.15) is 0 Å². The normalized spacial score (nSPS) is 31.2. The van der Waals surface area contributed by atoms with Crippen LogP contribution in [0.3, 0.4) is 0 Å². The second kappa shape index (κ2) is 6.58. The Kier molecular flexibility index (Phi) is 5.00. The van der Waals surface area contributed by atoms with Crippen LogP contribution in [-0.4, -0.2) is 38.2 Å². The molecule has 1 unspecified atom stereocenters. The highest BCUT2D eigenvalue weighted by Crippen LogP contribution is 2.60. The first-order chi connectivity index (χ1) is 10.0. The van der Waals surface area contributed by atoms with E-state index >= 15 is 0 Å². The summed E-state index contributed by atoms with van der Waals surface area (Å²) >= 11 is 0. The highest BCUT2D eigenvalue weighted by Gasteiger charge is 2.58. The number of aliphatic hydroxyl groups excluding tert-OH is 1. The Bertz CT molecular complexity index is 459. The molecule has 0 aromatic carbocycles. The number of esters is 1. The molecule has 0 spiro atoms. The molecule has 0 aromatic heterocycles. The first-order valence-corrected chi connectivity index (χ1v) is 6.96. The molecule has 2 rings (SSSR count). The van der Waals surface area contributed by atoms with Crippen LogP contribution in [0.25, 0.3) is 0 Å². The Labute approximate surface area is 123 Å². The van der Waals surface area contributed by atoms with Crippen molar-refractivity contribution in [3.05, 3.63) is 23.7 Å². The van der Waals surface area contributed by atoms with Gasteiger partial charge in [0.25, 0.3) is 0 Å². The number of rotatable bonds is 7. The summed E-state index contributed by atoms with van der Waals surface area (Å²) in [5, 5.41) is 9.67. The monoisotopic (exact) mass is 300 g/mol. The van der Waals surface area contributed by atoms with Crippen molar-refractivity contribution in [3.63, 3.8) is 0 Å². The van der Waals surface area contributed by atoms with E-state index in [1.165, 1.54) is 14.0 Å². The SMILES string of the molecule is COCOC1=C(F)CC([C@]2(CO)C[C@H]2COC(C)=O)C=C1. The van der Waals surface area contributed by atoms with Crippen molar-refractivity contribution in [2.75, 3.05) is 27.1 Å². The van der Waals surface area contributed by atoms with E-state index in [4.69, 9.17) is 14.2 Å². The number of hydrogen-bond donors (Lipinski definition) is 1. The van der Waals surface area contributed by atoms with Gasteiger partial charge in [-0.25, -0.2) is 4.39 Å². The van der Waals surface area contributed by atoms with E-state index in [0.29, 0.717) is 0 Å². The fraction of sp³-hybridized carbons (Fsp3) is 0.667. The molecule has 3 atom stereocenters. The first kappa shape index (κ1) is 16.0. The summed E-state index contributed by atoms with van der Waals surface area (Å²) in [4.78, 5) is 10.9. The number of carbonyl (C=O) groups excluding carboxylic acids is 1. The maximum absolute atomic E-state index is 14.0. The van der Waals surface area contributed by atoms with E-state index in [-0.39, 0.29) is 55.8 Å². The number of ether oxygens (including phenoxy) is 3. The molecule has 0 amide bonds. The molecular formula is C15H21FO5. The summed E-state index contributed by atoms with van der Waals surface area (Å²) in [6.45, 7) is 1.58. The lowest BCUT2D eigenvalue weighted by molar-refractivity contribution is -0.141. The molecule has 1 N–H and O–H groups in total. The van der Waals surface area contributed by atoms with E-state index in [0.717, 1.165) is 6.42 Å². The molecule has 0 aliphatic heterocycles. The number of aliphatic hydroxyl groups is 1. The van der Waals surface area contributed by atoms with Crippen LogP contribution in [-0.2, 0) is 19.0 Å². The van der Waals surface area contributed by atoms with Crippen molar-refractivity contribution in [3.8, 4) is 0 Å². The van der Waals surface area contributed by atoms with Gasteiger partial charge in [0, 0.05) is 38.4 Å². The van der Waals surface area contributed by atoms with Crippen LogP contribution in [0.15, 0.2) is 23.7 Å². The number of hydrogen-bond acceptors (Lipinski definition) is 5. The van der Waals surface area contributed by atoms with Crippen molar-refractivity contribution in [2.24, 2.45) is 17.3 Å². The number of allylic oxidation sites excluding steroid dienone is 3. The average Bonchev–Trinajstić information content (AvgIpc) is 3.18. The third kappa shape index (κ3) is 3.44. The van der Waals surface area contributed by atoms with Gasteiger partial charge in [-0.05, 0) is 18.4 Å².